The van der Waals surface area contributed by atoms with Gasteiger partial charge in [-0.1, -0.05) is 21.6 Å². The van der Waals surface area contributed by atoms with Crippen LogP contribution in [0.2, 0.25) is 0 Å². The monoisotopic (exact) mass is 574 g/mol. The molecule has 0 saturated carbocycles. The zero-order valence-electron chi connectivity index (χ0n) is 18.3. The third-order valence-electron chi connectivity index (χ3n) is 3.58. The van der Waals surface area contributed by atoms with E-state index in [1.807, 2.05) is 10.6 Å². The smallest absolute Gasteiger partial charge is 0.468 e. The molecule has 0 saturated heterocycles. The molecule has 2 unspecified atom stereocenters. The maximum Gasteiger partial charge on any atom is 0.471 e. The number of nitrogens with one attached hydrogen (secondary N) is 4. The van der Waals surface area contributed by atoms with Gasteiger partial charge >= 0.3 is 36.1 Å². The van der Waals surface area contributed by atoms with Crippen LogP contribution in [0.1, 0.15) is 0 Å². The van der Waals surface area contributed by atoms with Crippen LogP contribution in [-0.2, 0) is 38.2 Å². The maximum absolute atomic E-state index is 12.6. The van der Waals surface area contributed by atoms with Gasteiger partial charge in [-0.25, -0.2) is 0 Å². The molecule has 0 aromatic carbocycles. The van der Waals surface area contributed by atoms with Crippen LogP contribution >= 0.6 is 21.6 Å². The molecule has 0 aliphatic rings. The largest absolute Gasteiger partial charge is 0.471 e. The van der Waals surface area contributed by atoms with Crippen LogP contribution in [0, 0.1) is 0 Å². The third kappa shape index (κ3) is 13.3. The van der Waals surface area contributed by atoms with E-state index in [9.17, 15) is 55.1 Å². The number of halogens is 6. The summed E-state index contributed by atoms with van der Waals surface area (Å²) < 4.78 is 83.8. The molecule has 4 N–H and O–H groups in total. The number of rotatable bonds is 13. The fourth-order valence-electron chi connectivity index (χ4n) is 1.79. The van der Waals surface area contributed by atoms with Gasteiger partial charge < -0.3 is 30.7 Å². The average Bonchev–Trinajstić information content (AvgIpc) is 2.79. The molecule has 0 aromatic rings. The Bertz CT molecular complexity index is 761. The number of amides is 4. The van der Waals surface area contributed by atoms with Gasteiger partial charge in [-0.15, -0.1) is 0 Å². The molecule has 12 nitrogen and oxygen atoms in total. The highest BCUT2D eigenvalue weighted by Gasteiger charge is 2.42. The van der Waals surface area contributed by atoms with Gasteiger partial charge in [0.2, 0.25) is 11.8 Å². The Kier molecular flexibility index (Phi) is 14.0. The first-order valence-corrected chi connectivity index (χ1v) is 11.7. The third-order valence-corrected chi connectivity index (χ3v) is 6.00. The summed E-state index contributed by atoms with van der Waals surface area (Å²) >= 11 is 0. The summed E-state index contributed by atoms with van der Waals surface area (Å²) in [7, 11) is 3.03. The van der Waals surface area contributed by atoms with Crippen LogP contribution in [-0.4, -0.2) is 98.8 Å². The van der Waals surface area contributed by atoms with Crippen molar-refractivity contribution in [1.82, 2.24) is 21.3 Å². The van der Waals surface area contributed by atoms with E-state index in [4.69, 9.17) is 0 Å². The highest BCUT2D eigenvalue weighted by molar-refractivity contribution is 8.76. The van der Waals surface area contributed by atoms with Crippen LogP contribution in [0.3, 0.4) is 0 Å². The first kappa shape index (κ1) is 33.1. The molecule has 2 atom stereocenters. The number of carbonyl (C=O) groups excluding carboxylic acids is 6. The molecule has 0 spiro atoms. The number of esters is 2. The molecule has 0 aromatic heterocycles. The fraction of sp³-hybridized carbons (Fsp3) is 0.625. The molecule has 0 heterocycles. The Morgan fingerprint density at radius 3 is 1.22 bits per heavy atom. The fourth-order valence-corrected chi connectivity index (χ4v) is 4.12. The van der Waals surface area contributed by atoms with E-state index in [1.54, 1.807) is 0 Å². The van der Waals surface area contributed by atoms with E-state index in [0.717, 1.165) is 14.2 Å². The molecular weight excluding hydrogens is 554 g/mol. The minimum Gasteiger partial charge on any atom is -0.468 e. The standard InChI is InChI=1S/C16H20F6N4O8S2/c1-33-9(27)3-23-11(29)7(25-13(31)15(17,18)19)5-35-36-6-8(26-14(32)16(20,21)22)12(30)24-4-10(28)34-2/h7-8H,3-6H2,1-2H3,(H,23,29)(H,24,30)(H,25,31)(H,26,32). The summed E-state index contributed by atoms with van der Waals surface area (Å²) in [5.74, 6) is -10.5. The van der Waals surface area contributed by atoms with E-state index < -0.39 is 84.6 Å². The van der Waals surface area contributed by atoms with Crippen molar-refractivity contribution < 1.29 is 64.6 Å². The Balaban J connectivity index is 5.23. The molecule has 0 fully saturated rings. The second-order valence-corrected chi connectivity index (χ2v) is 8.76. The van der Waals surface area contributed by atoms with Gasteiger partial charge in [-0.3, -0.25) is 28.8 Å². The molecule has 0 bridgehead atoms. The van der Waals surface area contributed by atoms with Gasteiger partial charge in [0.15, 0.2) is 0 Å². The van der Waals surface area contributed by atoms with Crippen molar-refractivity contribution in [3.05, 3.63) is 0 Å². The molecule has 20 heteroatoms. The van der Waals surface area contributed by atoms with Crippen molar-refractivity contribution in [1.29, 1.82) is 0 Å². The minimum atomic E-state index is -5.36. The summed E-state index contributed by atoms with van der Waals surface area (Å²) in [6, 6.07) is -3.73. The van der Waals surface area contributed by atoms with E-state index in [1.165, 1.54) is 10.6 Å². The Labute approximate surface area is 206 Å². The van der Waals surface area contributed by atoms with Crippen LogP contribution in [0.15, 0.2) is 0 Å². The molecule has 0 aliphatic heterocycles. The number of methoxy groups -OCH3 is 2. The maximum atomic E-state index is 12.6. The van der Waals surface area contributed by atoms with Gasteiger partial charge in [0, 0.05) is 11.5 Å². The summed E-state index contributed by atoms with van der Waals surface area (Å²) in [5.41, 5.74) is 0. The SMILES string of the molecule is COC(=O)CNC(=O)C(CSSCC(NC(=O)C(F)(F)F)C(=O)NCC(=O)OC)NC(=O)C(F)(F)F. The van der Waals surface area contributed by atoms with Crippen molar-refractivity contribution >= 4 is 57.2 Å². The predicted octanol–water partition coefficient (Wildman–Crippen LogP) is -0.960. The first-order valence-electron chi connectivity index (χ1n) is 9.21. The van der Waals surface area contributed by atoms with E-state index in [2.05, 4.69) is 9.47 Å². The van der Waals surface area contributed by atoms with Gasteiger partial charge in [-0.2, -0.15) is 26.3 Å². The van der Waals surface area contributed by atoms with E-state index in [0.29, 0.717) is 21.6 Å². The molecule has 36 heavy (non-hydrogen) atoms. The average molecular weight is 574 g/mol. The van der Waals surface area contributed by atoms with E-state index >= 15 is 0 Å². The lowest BCUT2D eigenvalue weighted by atomic mass is 10.3. The van der Waals surface area contributed by atoms with E-state index in [-0.39, 0.29) is 0 Å². The molecular formula is C16H20F6N4O8S2. The quantitative estimate of drug-likeness (QED) is 0.0931. The summed E-state index contributed by atoms with van der Waals surface area (Å²) in [6.07, 6.45) is -10.7. The molecule has 4 amide bonds. The number of alkyl halides is 6. The second-order valence-electron chi connectivity index (χ2n) is 6.20. The lowest BCUT2D eigenvalue weighted by molar-refractivity contribution is -0.174. The molecule has 0 rings (SSSR count). The predicted molar refractivity (Wildman–Crippen MR) is 111 cm³/mol. The highest BCUT2D eigenvalue weighted by atomic mass is 33.1. The second kappa shape index (κ2) is 15.3. The zero-order valence-corrected chi connectivity index (χ0v) is 20.0. The lowest BCUT2D eigenvalue weighted by Gasteiger charge is -2.20. The minimum absolute atomic E-state index is 0.545. The first-order chi connectivity index (χ1) is 16.5. The summed E-state index contributed by atoms with van der Waals surface area (Å²) in [6.45, 7) is -1.48. The van der Waals surface area contributed by atoms with Gasteiger partial charge in [-0.05, 0) is 0 Å². The molecule has 0 radical (unpaired) electrons. The van der Waals surface area contributed by atoms with Crippen molar-refractivity contribution in [2.24, 2.45) is 0 Å². The normalized spacial score (nSPS) is 13.0. The molecule has 0 aliphatic carbocycles. The van der Waals surface area contributed by atoms with Crippen molar-refractivity contribution in [2.75, 3.05) is 38.8 Å². The van der Waals surface area contributed by atoms with Crippen LogP contribution < -0.4 is 21.3 Å². The van der Waals surface area contributed by atoms with Crippen LogP contribution in [0.4, 0.5) is 26.3 Å². The number of hydrogen-bond acceptors (Lipinski definition) is 10. The van der Waals surface area contributed by atoms with Crippen molar-refractivity contribution in [3.8, 4) is 0 Å². The summed E-state index contributed by atoms with van der Waals surface area (Å²) in [5, 5.41) is 6.63. The molecule has 206 valence electrons. The van der Waals surface area contributed by atoms with Crippen LogP contribution in [0.25, 0.3) is 0 Å². The highest BCUT2D eigenvalue weighted by Crippen LogP contribution is 2.24. The van der Waals surface area contributed by atoms with Gasteiger partial charge in [0.05, 0.1) is 14.2 Å². The van der Waals surface area contributed by atoms with Crippen molar-refractivity contribution in [2.45, 2.75) is 24.4 Å². The lowest BCUT2D eigenvalue weighted by Crippen LogP contribution is -2.53. The Morgan fingerprint density at radius 2 is 0.972 bits per heavy atom. The topological polar surface area (TPSA) is 169 Å². The van der Waals surface area contributed by atoms with Gasteiger partial charge in [0.25, 0.3) is 0 Å². The van der Waals surface area contributed by atoms with Crippen LogP contribution in [0.5, 0.6) is 0 Å². The Morgan fingerprint density at radius 1 is 0.667 bits per heavy atom. The number of carbonyl (C=O) groups is 6. The zero-order chi connectivity index (χ0) is 28.1. The number of ether oxygens (including phenoxy) is 2. The number of hydrogen-bond donors (Lipinski definition) is 4. The summed E-state index contributed by atoms with van der Waals surface area (Å²) in [4.78, 5) is 68.8. The van der Waals surface area contributed by atoms with Crippen molar-refractivity contribution in [3.63, 3.8) is 0 Å². The van der Waals surface area contributed by atoms with Gasteiger partial charge in [0.1, 0.15) is 25.2 Å². The Hall–Kier alpha value is -2.90.